The molecule has 10 heavy (non-hydrogen) atoms. The van der Waals surface area contributed by atoms with Gasteiger partial charge in [-0.15, -0.1) is 0 Å². The Balaban J connectivity index is 2.42. The number of allylic oxidation sites excluding steroid dienone is 1. The van der Waals surface area contributed by atoms with Crippen LogP contribution in [0.2, 0.25) is 0 Å². The molecule has 0 N–H and O–H groups in total. The molecule has 0 aromatic heterocycles. The molecule has 1 heterocycles. The first-order valence-corrected chi connectivity index (χ1v) is 3.58. The van der Waals surface area contributed by atoms with E-state index in [0.717, 1.165) is 31.3 Å². The maximum atomic E-state index is 10.2. The molecular weight excluding hydrogens is 128 g/mol. The summed E-state index contributed by atoms with van der Waals surface area (Å²) in [5, 5.41) is 0. The molecule has 0 amide bonds. The highest BCUT2D eigenvalue weighted by Crippen LogP contribution is 2.13. The molecule has 0 saturated carbocycles. The quantitative estimate of drug-likeness (QED) is 0.427. The lowest BCUT2D eigenvalue weighted by Crippen LogP contribution is -2.00. The topological polar surface area (TPSA) is 26.3 Å². The average Bonchev–Trinajstić information content (AvgIpc) is 2.40. The SMILES string of the molecule is C/C(C=O)=C\[C@@H]1CCCO1. The van der Waals surface area contributed by atoms with Crippen LogP contribution in [0.3, 0.4) is 0 Å². The van der Waals surface area contributed by atoms with Crippen LogP contribution in [-0.2, 0) is 9.53 Å². The van der Waals surface area contributed by atoms with Gasteiger partial charge >= 0.3 is 0 Å². The summed E-state index contributed by atoms with van der Waals surface area (Å²) in [7, 11) is 0. The summed E-state index contributed by atoms with van der Waals surface area (Å²) in [5.74, 6) is 0. The molecule has 1 saturated heterocycles. The van der Waals surface area contributed by atoms with Gasteiger partial charge in [-0.05, 0) is 31.4 Å². The number of ether oxygens (including phenoxy) is 1. The minimum absolute atomic E-state index is 0.199. The van der Waals surface area contributed by atoms with E-state index < -0.39 is 0 Å². The van der Waals surface area contributed by atoms with E-state index in [4.69, 9.17) is 4.74 Å². The molecule has 0 bridgehead atoms. The van der Waals surface area contributed by atoms with Crippen molar-refractivity contribution in [3.63, 3.8) is 0 Å². The molecule has 0 aliphatic carbocycles. The number of carbonyl (C=O) groups excluding carboxylic acids is 1. The van der Waals surface area contributed by atoms with E-state index in [2.05, 4.69) is 0 Å². The smallest absolute Gasteiger partial charge is 0.145 e. The average molecular weight is 140 g/mol. The van der Waals surface area contributed by atoms with Crippen molar-refractivity contribution in [2.24, 2.45) is 0 Å². The van der Waals surface area contributed by atoms with Gasteiger partial charge in [0.25, 0.3) is 0 Å². The molecule has 0 spiro atoms. The van der Waals surface area contributed by atoms with Gasteiger partial charge in [0, 0.05) is 6.61 Å². The van der Waals surface area contributed by atoms with Crippen molar-refractivity contribution in [1.29, 1.82) is 0 Å². The predicted molar refractivity (Wildman–Crippen MR) is 38.8 cm³/mol. The van der Waals surface area contributed by atoms with Crippen LogP contribution in [0.15, 0.2) is 11.6 Å². The van der Waals surface area contributed by atoms with Crippen LogP contribution in [0, 0.1) is 0 Å². The van der Waals surface area contributed by atoms with Crippen LogP contribution in [-0.4, -0.2) is 19.0 Å². The highest BCUT2D eigenvalue weighted by atomic mass is 16.5. The Morgan fingerprint density at radius 1 is 1.70 bits per heavy atom. The van der Waals surface area contributed by atoms with Gasteiger partial charge in [-0.3, -0.25) is 4.79 Å². The Kier molecular flexibility index (Phi) is 2.63. The van der Waals surface area contributed by atoms with E-state index in [1.807, 2.05) is 6.08 Å². The molecule has 0 radical (unpaired) electrons. The van der Waals surface area contributed by atoms with Gasteiger partial charge < -0.3 is 4.74 Å². The van der Waals surface area contributed by atoms with Crippen LogP contribution in [0.1, 0.15) is 19.8 Å². The van der Waals surface area contributed by atoms with E-state index in [1.165, 1.54) is 0 Å². The largest absolute Gasteiger partial charge is 0.374 e. The third-order valence-electron chi connectivity index (χ3n) is 1.60. The van der Waals surface area contributed by atoms with Crippen molar-refractivity contribution >= 4 is 6.29 Å². The molecule has 1 aliphatic rings. The first-order valence-electron chi connectivity index (χ1n) is 3.58. The van der Waals surface area contributed by atoms with E-state index in [0.29, 0.717) is 0 Å². The van der Waals surface area contributed by atoms with Gasteiger partial charge in [0.05, 0.1) is 6.10 Å². The van der Waals surface area contributed by atoms with Gasteiger partial charge in [0.2, 0.25) is 0 Å². The van der Waals surface area contributed by atoms with Gasteiger partial charge in [-0.1, -0.05) is 0 Å². The number of carbonyl (C=O) groups is 1. The van der Waals surface area contributed by atoms with Crippen molar-refractivity contribution < 1.29 is 9.53 Å². The summed E-state index contributed by atoms with van der Waals surface area (Å²) >= 11 is 0. The van der Waals surface area contributed by atoms with Crippen molar-refractivity contribution in [2.75, 3.05) is 6.61 Å². The summed E-state index contributed by atoms with van der Waals surface area (Å²) in [5.41, 5.74) is 0.770. The van der Waals surface area contributed by atoms with Crippen LogP contribution < -0.4 is 0 Å². The zero-order valence-corrected chi connectivity index (χ0v) is 6.17. The zero-order valence-electron chi connectivity index (χ0n) is 6.17. The van der Waals surface area contributed by atoms with Crippen LogP contribution in [0.25, 0.3) is 0 Å². The Hall–Kier alpha value is -0.630. The Labute approximate surface area is 60.9 Å². The minimum Gasteiger partial charge on any atom is -0.374 e. The summed E-state index contributed by atoms with van der Waals surface area (Å²) in [6, 6.07) is 0. The second-order valence-electron chi connectivity index (χ2n) is 2.58. The highest BCUT2D eigenvalue weighted by molar-refractivity contribution is 5.72. The molecule has 0 unspecified atom stereocenters. The maximum absolute atomic E-state index is 10.2. The molecule has 56 valence electrons. The number of hydrogen-bond donors (Lipinski definition) is 0. The maximum Gasteiger partial charge on any atom is 0.145 e. The highest BCUT2D eigenvalue weighted by Gasteiger charge is 2.11. The van der Waals surface area contributed by atoms with Gasteiger partial charge in [0.15, 0.2) is 0 Å². The van der Waals surface area contributed by atoms with Crippen LogP contribution in [0.5, 0.6) is 0 Å². The first kappa shape index (κ1) is 7.48. The first-order chi connectivity index (χ1) is 4.83. The normalized spacial score (nSPS) is 26.9. The molecular formula is C8H12O2. The Morgan fingerprint density at radius 2 is 2.50 bits per heavy atom. The second-order valence-corrected chi connectivity index (χ2v) is 2.58. The Morgan fingerprint density at radius 3 is 3.00 bits per heavy atom. The van der Waals surface area contributed by atoms with Gasteiger partial charge in [0.1, 0.15) is 6.29 Å². The standard InChI is InChI=1S/C8H12O2/c1-7(6-9)5-8-3-2-4-10-8/h5-6,8H,2-4H2,1H3/b7-5+/t8-/m0/s1. The second kappa shape index (κ2) is 3.52. The summed E-state index contributed by atoms with van der Waals surface area (Å²) in [4.78, 5) is 10.2. The van der Waals surface area contributed by atoms with E-state index in [-0.39, 0.29) is 6.10 Å². The van der Waals surface area contributed by atoms with E-state index >= 15 is 0 Å². The molecule has 2 heteroatoms. The number of hydrogen-bond acceptors (Lipinski definition) is 2. The fourth-order valence-electron chi connectivity index (χ4n) is 1.07. The molecule has 1 rings (SSSR count). The molecule has 1 aliphatic heterocycles. The minimum atomic E-state index is 0.199. The third kappa shape index (κ3) is 1.95. The zero-order chi connectivity index (χ0) is 7.40. The summed E-state index contributed by atoms with van der Waals surface area (Å²) in [6.07, 6.45) is 5.13. The van der Waals surface area contributed by atoms with Crippen molar-refractivity contribution in [3.05, 3.63) is 11.6 Å². The number of rotatable bonds is 2. The van der Waals surface area contributed by atoms with Crippen molar-refractivity contribution in [2.45, 2.75) is 25.9 Å². The molecule has 1 atom stereocenters. The van der Waals surface area contributed by atoms with Crippen molar-refractivity contribution in [3.8, 4) is 0 Å². The molecule has 2 nitrogen and oxygen atoms in total. The molecule has 0 aromatic rings. The van der Waals surface area contributed by atoms with E-state index in [9.17, 15) is 4.79 Å². The fraction of sp³-hybridized carbons (Fsp3) is 0.625. The lowest BCUT2D eigenvalue weighted by molar-refractivity contribution is -0.104. The lowest BCUT2D eigenvalue weighted by Gasteiger charge is -2.01. The molecule has 0 aromatic carbocycles. The van der Waals surface area contributed by atoms with Gasteiger partial charge in [-0.25, -0.2) is 0 Å². The van der Waals surface area contributed by atoms with E-state index in [1.54, 1.807) is 6.92 Å². The predicted octanol–water partition coefficient (Wildman–Crippen LogP) is 1.31. The van der Waals surface area contributed by atoms with Crippen molar-refractivity contribution in [1.82, 2.24) is 0 Å². The van der Waals surface area contributed by atoms with Crippen LogP contribution in [0.4, 0.5) is 0 Å². The summed E-state index contributed by atoms with van der Waals surface area (Å²) < 4.78 is 5.29. The number of aldehydes is 1. The third-order valence-corrected chi connectivity index (χ3v) is 1.60. The van der Waals surface area contributed by atoms with Gasteiger partial charge in [-0.2, -0.15) is 0 Å². The lowest BCUT2D eigenvalue weighted by atomic mass is 10.2. The Bertz CT molecular complexity index is 143. The monoisotopic (exact) mass is 140 g/mol. The van der Waals surface area contributed by atoms with Crippen LogP contribution >= 0.6 is 0 Å². The molecule has 1 fully saturated rings. The fourth-order valence-corrected chi connectivity index (χ4v) is 1.07. The summed E-state index contributed by atoms with van der Waals surface area (Å²) in [6.45, 7) is 2.64.